The molecular weight excluding hydrogens is 178 g/mol. The van der Waals surface area contributed by atoms with Gasteiger partial charge in [-0.05, 0) is 18.8 Å². The van der Waals surface area contributed by atoms with Crippen LogP contribution in [0.5, 0.6) is 0 Å². The van der Waals surface area contributed by atoms with Gasteiger partial charge in [0.05, 0.1) is 0 Å². The maximum absolute atomic E-state index is 11.5. The molecule has 4 nitrogen and oxygen atoms in total. The van der Waals surface area contributed by atoms with E-state index in [1.165, 1.54) is 0 Å². The lowest BCUT2D eigenvalue weighted by Crippen LogP contribution is -2.63. The molecule has 1 heterocycles. The highest BCUT2D eigenvalue weighted by Gasteiger charge is 2.56. The number of hydrogen-bond acceptors (Lipinski definition) is 2. The van der Waals surface area contributed by atoms with Crippen molar-refractivity contribution in [1.82, 2.24) is 4.90 Å². The lowest BCUT2D eigenvalue weighted by atomic mass is 9.66. The second kappa shape index (κ2) is 2.83. The fraction of sp³-hybridized carbons (Fsp3) is 0.600. The summed E-state index contributed by atoms with van der Waals surface area (Å²) in [5.41, 5.74) is 5.54. The molecule has 1 fully saturated rings. The number of aliphatic imine (C=N–C) groups is 1. The molecule has 2 atom stereocenters. The Hall–Kier alpha value is -1.32. The van der Waals surface area contributed by atoms with Crippen LogP contribution in [0, 0.1) is 5.92 Å². The number of carbonyl (C=O) groups is 1. The van der Waals surface area contributed by atoms with Gasteiger partial charge < -0.3 is 10.6 Å². The largest absolute Gasteiger partial charge is 0.385 e. The van der Waals surface area contributed by atoms with E-state index in [0.717, 1.165) is 12.8 Å². The van der Waals surface area contributed by atoms with Gasteiger partial charge in [-0.3, -0.25) is 0 Å². The van der Waals surface area contributed by atoms with Crippen molar-refractivity contribution >= 4 is 11.9 Å². The van der Waals surface area contributed by atoms with Crippen molar-refractivity contribution in [3.63, 3.8) is 0 Å². The standard InChI is InChI=1S/C10H15N3O/c1-3-6-13-9(14)12-8(11)10(13)5-4-7(10)2/h3,7H,1,4-6H2,2H3,(H2,11,12,14). The van der Waals surface area contributed by atoms with Gasteiger partial charge in [0.2, 0.25) is 0 Å². The molecule has 2 aliphatic rings. The third kappa shape index (κ3) is 0.882. The molecule has 0 bridgehead atoms. The van der Waals surface area contributed by atoms with Gasteiger partial charge in [-0.1, -0.05) is 13.0 Å². The first-order chi connectivity index (χ1) is 6.63. The van der Waals surface area contributed by atoms with Crippen molar-refractivity contribution < 1.29 is 4.79 Å². The Morgan fingerprint density at radius 2 is 2.57 bits per heavy atom. The zero-order valence-electron chi connectivity index (χ0n) is 8.36. The van der Waals surface area contributed by atoms with E-state index in [4.69, 9.17) is 5.73 Å². The van der Waals surface area contributed by atoms with E-state index in [9.17, 15) is 4.79 Å². The van der Waals surface area contributed by atoms with Crippen LogP contribution in [0.3, 0.4) is 0 Å². The van der Waals surface area contributed by atoms with E-state index in [1.807, 2.05) is 0 Å². The summed E-state index contributed by atoms with van der Waals surface area (Å²) in [6.45, 7) is 6.29. The molecule has 14 heavy (non-hydrogen) atoms. The van der Waals surface area contributed by atoms with Gasteiger partial charge in [-0.2, -0.15) is 4.99 Å². The van der Waals surface area contributed by atoms with E-state index in [1.54, 1.807) is 11.0 Å². The topological polar surface area (TPSA) is 58.7 Å². The Balaban J connectivity index is 2.32. The predicted molar refractivity (Wildman–Crippen MR) is 55.1 cm³/mol. The van der Waals surface area contributed by atoms with Crippen molar-refractivity contribution in [1.29, 1.82) is 0 Å². The minimum absolute atomic E-state index is 0.214. The first-order valence-corrected chi connectivity index (χ1v) is 4.90. The molecule has 0 aromatic rings. The van der Waals surface area contributed by atoms with Crippen LogP contribution in [0.25, 0.3) is 0 Å². The summed E-state index contributed by atoms with van der Waals surface area (Å²) in [6, 6.07) is -0.214. The third-order valence-corrected chi connectivity index (χ3v) is 3.46. The van der Waals surface area contributed by atoms with Crippen LogP contribution in [-0.4, -0.2) is 28.9 Å². The Bertz CT molecular complexity index is 323. The highest BCUT2D eigenvalue weighted by molar-refractivity contribution is 6.06. The molecular formula is C10H15N3O. The molecule has 2 amide bonds. The first-order valence-electron chi connectivity index (χ1n) is 4.90. The average molecular weight is 193 g/mol. The van der Waals surface area contributed by atoms with Gasteiger partial charge in [-0.15, -0.1) is 6.58 Å². The quantitative estimate of drug-likeness (QED) is 0.668. The molecule has 1 saturated carbocycles. The van der Waals surface area contributed by atoms with E-state index < -0.39 is 0 Å². The summed E-state index contributed by atoms with van der Waals surface area (Å²) in [5.74, 6) is 0.903. The van der Waals surface area contributed by atoms with Crippen LogP contribution >= 0.6 is 0 Å². The van der Waals surface area contributed by atoms with Crippen molar-refractivity contribution in [2.45, 2.75) is 25.3 Å². The molecule has 0 radical (unpaired) electrons. The summed E-state index contributed by atoms with van der Waals surface area (Å²) in [4.78, 5) is 17.1. The molecule has 1 aliphatic carbocycles. The van der Waals surface area contributed by atoms with Crippen LogP contribution in [0.2, 0.25) is 0 Å². The Morgan fingerprint density at radius 1 is 1.86 bits per heavy atom. The molecule has 4 heteroatoms. The number of nitrogens with two attached hydrogens (primary N) is 1. The fourth-order valence-electron chi connectivity index (χ4n) is 2.43. The summed E-state index contributed by atoms with van der Waals surface area (Å²) in [5, 5.41) is 0. The number of amides is 2. The van der Waals surface area contributed by atoms with E-state index in [2.05, 4.69) is 18.5 Å². The normalized spacial score (nSPS) is 35.8. The van der Waals surface area contributed by atoms with Crippen LogP contribution in [-0.2, 0) is 0 Å². The monoisotopic (exact) mass is 193 g/mol. The molecule has 76 valence electrons. The molecule has 2 rings (SSSR count). The number of rotatable bonds is 2. The van der Waals surface area contributed by atoms with Crippen molar-refractivity contribution in [2.24, 2.45) is 16.6 Å². The van der Waals surface area contributed by atoms with E-state index >= 15 is 0 Å². The Labute approximate surface area is 83.5 Å². The van der Waals surface area contributed by atoms with Crippen LogP contribution in [0.15, 0.2) is 17.6 Å². The SMILES string of the molecule is C=CCN1C(=O)N=C(N)C12CCC2C. The maximum Gasteiger partial charge on any atom is 0.346 e. The van der Waals surface area contributed by atoms with E-state index in [0.29, 0.717) is 18.3 Å². The van der Waals surface area contributed by atoms with Gasteiger partial charge in [0.15, 0.2) is 0 Å². The van der Waals surface area contributed by atoms with Crippen molar-refractivity contribution in [3.05, 3.63) is 12.7 Å². The highest BCUT2D eigenvalue weighted by Crippen LogP contribution is 2.46. The first kappa shape index (κ1) is 9.24. The molecule has 2 N–H and O–H groups in total. The highest BCUT2D eigenvalue weighted by atomic mass is 16.2. The summed E-state index contributed by atoms with van der Waals surface area (Å²) >= 11 is 0. The summed E-state index contributed by atoms with van der Waals surface area (Å²) in [7, 11) is 0. The number of hydrogen-bond donors (Lipinski definition) is 1. The molecule has 1 spiro atoms. The van der Waals surface area contributed by atoms with Crippen molar-refractivity contribution in [3.8, 4) is 0 Å². The zero-order chi connectivity index (χ0) is 10.3. The molecule has 0 aromatic heterocycles. The van der Waals surface area contributed by atoms with Crippen LogP contribution in [0.4, 0.5) is 4.79 Å². The lowest BCUT2D eigenvalue weighted by molar-refractivity contribution is 0.0693. The second-order valence-corrected chi connectivity index (χ2v) is 4.04. The second-order valence-electron chi connectivity index (χ2n) is 4.04. The minimum atomic E-state index is -0.286. The summed E-state index contributed by atoms with van der Waals surface area (Å²) in [6.07, 6.45) is 3.76. The molecule has 1 aliphatic heterocycles. The fourth-order valence-corrected chi connectivity index (χ4v) is 2.43. The Morgan fingerprint density at radius 3 is 3.00 bits per heavy atom. The van der Waals surface area contributed by atoms with Crippen LogP contribution < -0.4 is 5.73 Å². The lowest BCUT2D eigenvalue weighted by Gasteiger charge is -2.50. The van der Waals surface area contributed by atoms with Gasteiger partial charge in [0, 0.05) is 6.54 Å². The minimum Gasteiger partial charge on any atom is -0.385 e. The number of amidine groups is 1. The maximum atomic E-state index is 11.5. The van der Waals surface area contributed by atoms with Crippen molar-refractivity contribution in [2.75, 3.05) is 6.54 Å². The smallest absolute Gasteiger partial charge is 0.346 e. The Kier molecular flexibility index (Phi) is 1.87. The van der Waals surface area contributed by atoms with Gasteiger partial charge in [-0.25, -0.2) is 4.79 Å². The predicted octanol–water partition coefficient (Wildman–Crippen LogP) is 1.13. The molecule has 2 unspecified atom stereocenters. The molecule has 0 saturated heterocycles. The number of carbonyl (C=O) groups excluding carboxylic acids is 1. The number of urea groups is 1. The average Bonchev–Trinajstić information content (AvgIpc) is 2.39. The van der Waals surface area contributed by atoms with Gasteiger partial charge in [0.25, 0.3) is 0 Å². The molecule has 0 aromatic carbocycles. The van der Waals surface area contributed by atoms with Crippen LogP contribution in [0.1, 0.15) is 19.8 Å². The third-order valence-electron chi connectivity index (χ3n) is 3.46. The summed E-state index contributed by atoms with van der Waals surface area (Å²) < 4.78 is 0. The van der Waals surface area contributed by atoms with E-state index in [-0.39, 0.29) is 11.6 Å². The zero-order valence-corrected chi connectivity index (χ0v) is 8.36. The van der Waals surface area contributed by atoms with Gasteiger partial charge >= 0.3 is 6.03 Å². The number of nitrogens with zero attached hydrogens (tertiary/aromatic N) is 2. The van der Waals surface area contributed by atoms with Gasteiger partial charge in [0.1, 0.15) is 11.4 Å².